The van der Waals surface area contributed by atoms with Gasteiger partial charge in [0.15, 0.2) is 5.65 Å². The Kier molecular flexibility index (Phi) is 7.21. The first-order chi connectivity index (χ1) is 16.8. The third kappa shape index (κ3) is 5.74. The van der Waals surface area contributed by atoms with Crippen LogP contribution in [-0.4, -0.2) is 76.7 Å². The van der Waals surface area contributed by atoms with Crippen molar-refractivity contribution in [2.75, 3.05) is 40.3 Å². The molecule has 1 N–H and O–H groups in total. The maximum absolute atomic E-state index is 13.8. The molecule has 0 spiro atoms. The summed E-state index contributed by atoms with van der Waals surface area (Å²) in [6.45, 7) is 15.4. The Bertz CT molecular complexity index is 1130. The van der Waals surface area contributed by atoms with Crippen molar-refractivity contribution in [3.63, 3.8) is 0 Å². The maximum Gasteiger partial charge on any atom is 0.254 e. The lowest BCUT2D eigenvalue weighted by Gasteiger charge is -2.33. The van der Waals surface area contributed by atoms with E-state index in [4.69, 9.17) is 10.1 Å². The molecule has 4 rings (SSSR count). The summed E-state index contributed by atoms with van der Waals surface area (Å²) in [5.74, 6) is 0.537. The molecule has 2 fully saturated rings. The molecule has 0 unspecified atom stereocenters. The van der Waals surface area contributed by atoms with Crippen LogP contribution in [0, 0.1) is 18.3 Å². The molecule has 2 amide bonds. The van der Waals surface area contributed by atoms with Gasteiger partial charge in [-0.05, 0) is 79.0 Å². The largest absolute Gasteiger partial charge is 0.355 e. The number of hydrogen-bond acceptors (Lipinski definition) is 5. The fourth-order valence-electron chi connectivity index (χ4n) is 5.43. The molecule has 0 radical (unpaired) electrons. The van der Waals surface area contributed by atoms with Crippen molar-refractivity contribution in [3.05, 3.63) is 23.0 Å². The van der Waals surface area contributed by atoms with E-state index in [1.807, 2.05) is 22.6 Å². The standard InChI is InChI=1S/C28H44N6O2/c1-18-23-21(15-22(19-9-10-19)30-24(23)34(31-18)27(2,3)4)26(36)33-13-11-20(12-14-33)25(35)29-16-28(5,6)17-32(7)8/h15,19-20H,9-14,16-17H2,1-8H3,(H,29,35). The van der Waals surface area contributed by atoms with Crippen LogP contribution in [0.4, 0.5) is 0 Å². The molecular weight excluding hydrogens is 452 g/mol. The quantitative estimate of drug-likeness (QED) is 0.628. The van der Waals surface area contributed by atoms with E-state index in [-0.39, 0.29) is 28.7 Å². The lowest BCUT2D eigenvalue weighted by atomic mass is 9.91. The zero-order valence-electron chi connectivity index (χ0n) is 23.4. The molecule has 36 heavy (non-hydrogen) atoms. The number of aryl methyl sites for hydroxylation is 1. The number of amides is 2. The number of carbonyl (C=O) groups is 2. The minimum Gasteiger partial charge on any atom is -0.355 e. The van der Waals surface area contributed by atoms with Crippen LogP contribution in [0.2, 0.25) is 0 Å². The number of fused-ring (bicyclic) bond motifs is 1. The van der Waals surface area contributed by atoms with Gasteiger partial charge in [-0.25, -0.2) is 9.67 Å². The molecule has 0 aromatic carbocycles. The molecule has 0 atom stereocenters. The predicted octanol–water partition coefficient (Wildman–Crippen LogP) is 3.93. The van der Waals surface area contributed by atoms with Crippen LogP contribution >= 0.6 is 0 Å². The van der Waals surface area contributed by atoms with E-state index >= 15 is 0 Å². The second-order valence-electron chi connectivity index (χ2n) is 12.9. The molecule has 1 aliphatic carbocycles. The van der Waals surface area contributed by atoms with Gasteiger partial charge >= 0.3 is 0 Å². The maximum atomic E-state index is 13.8. The van der Waals surface area contributed by atoms with Crippen LogP contribution < -0.4 is 5.32 Å². The van der Waals surface area contributed by atoms with E-state index < -0.39 is 0 Å². The Morgan fingerprint density at radius 1 is 1.08 bits per heavy atom. The van der Waals surface area contributed by atoms with E-state index in [0.717, 1.165) is 41.8 Å². The first-order valence-electron chi connectivity index (χ1n) is 13.4. The van der Waals surface area contributed by atoms with Crippen molar-refractivity contribution in [1.82, 2.24) is 29.9 Å². The summed E-state index contributed by atoms with van der Waals surface area (Å²) in [4.78, 5) is 35.7. The van der Waals surface area contributed by atoms with Gasteiger partial charge in [0.1, 0.15) is 0 Å². The number of carbonyl (C=O) groups excluding carboxylic acids is 2. The highest BCUT2D eigenvalue weighted by Crippen LogP contribution is 2.41. The van der Waals surface area contributed by atoms with Gasteiger partial charge in [-0.3, -0.25) is 9.59 Å². The lowest BCUT2D eigenvalue weighted by molar-refractivity contribution is -0.126. The summed E-state index contributed by atoms with van der Waals surface area (Å²) in [6, 6.07) is 2.01. The monoisotopic (exact) mass is 496 g/mol. The molecule has 1 aliphatic heterocycles. The van der Waals surface area contributed by atoms with Crippen LogP contribution in [0.1, 0.15) is 88.0 Å². The van der Waals surface area contributed by atoms with Crippen molar-refractivity contribution in [2.24, 2.45) is 11.3 Å². The Balaban J connectivity index is 1.48. The summed E-state index contributed by atoms with van der Waals surface area (Å²) < 4.78 is 1.97. The van der Waals surface area contributed by atoms with Gasteiger partial charge in [0.2, 0.25) is 5.91 Å². The van der Waals surface area contributed by atoms with Crippen molar-refractivity contribution in [2.45, 2.75) is 78.7 Å². The fraction of sp³-hybridized carbons (Fsp3) is 0.714. The molecule has 3 heterocycles. The molecule has 2 aliphatic rings. The first kappa shape index (κ1) is 26.6. The zero-order chi connectivity index (χ0) is 26.4. The fourth-order valence-corrected chi connectivity index (χ4v) is 5.43. The Labute approximate surface area is 215 Å². The van der Waals surface area contributed by atoms with Crippen molar-refractivity contribution in [1.29, 1.82) is 0 Å². The van der Waals surface area contributed by atoms with Gasteiger partial charge in [-0.15, -0.1) is 0 Å². The average Bonchev–Trinajstić information content (AvgIpc) is 3.58. The van der Waals surface area contributed by atoms with Gasteiger partial charge in [-0.1, -0.05) is 13.8 Å². The predicted molar refractivity (Wildman–Crippen MR) is 143 cm³/mol. The smallest absolute Gasteiger partial charge is 0.254 e. The van der Waals surface area contributed by atoms with Crippen LogP contribution in [0.5, 0.6) is 0 Å². The number of likely N-dealkylation sites (tertiary alicyclic amines) is 1. The highest BCUT2D eigenvalue weighted by molar-refractivity contribution is 6.06. The Morgan fingerprint density at radius 2 is 1.72 bits per heavy atom. The van der Waals surface area contributed by atoms with Crippen molar-refractivity contribution >= 4 is 22.8 Å². The number of nitrogens with zero attached hydrogens (tertiary/aromatic N) is 5. The first-order valence-corrected chi connectivity index (χ1v) is 13.4. The second-order valence-corrected chi connectivity index (χ2v) is 12.9. The summed E-state index contributed by atoms with van der Waals surface area (Å²) in [5, 5.41) is 8.81. The minimum absolute atomic E-state index is 0.0111. The van der Waals surface area contributed by atoms with Crippen molar-refractivity contribution < 1.29 is 9.59 Å². The number of pyridine rings is 1. The molecular formula is C28H44N6O2. The van der Waals surface area contributed by atoms with Gasteiger partial charge in [-0.2, -0.15) is 5.10 Å². The van der Waals surface area contributed by atoms with E-state index in [2.05, 4.69) is 58.9 Å². The molecule has 2 aromatic heterocycles. The number of hydrogen-bond donors (Lipinski definition) is 1. The van der Waals surface area contributed by atoms with Gasteiger partial charge < -0.3 is 15.1 Å². The normalized spacial score (nSPS) is 17.8. The molecule has 1 saturated heterocycles. The summed E-state index contributed by atoms with van der Waals surface area (Å²) in [6.07, 6.45) is 3.63. The topological polar surface area (TPSA) is 83.4 Å². The van der Waals surface area contributed by atoms with Crippen LogP contribution in [0.3, 0.4) is 0 Å². The van der Waals surface area contributed by atoms with Gasteiger partial charge in [0.25, 0.3) is 5.91 Å². The molecule has 198 valence electrons. The number of rotatable bonds is 7. The van der Waals surface area contributed by atoms with Gasteiger partial charge in [0.05, 0.1) is 22.2 Å². The van der Waals surface area contributed by atoms with Crippen LogP contribution in [0.15, 0.2) is 6.07 Å². The van der Waals surface area contributed by atoms with E-state index in [0.29, 0.717) is 44.0 Å². The third-order valence-electron chi connectivity index (χ3n) is 7.33. The Morgan fingerprint density at radius 3 is 2.28 bits per heavy atom. The van der Waals surface area contributed by atoms with Crippen molar-refractivity contribution in [3.8, 4) is 0 Å². The van der Waals surface area contributed by atoms with E-state index in [1.54, 1.807) is 0 Å². The molecule has 8 nitrogen and oxygen atoms in total. The summed E-state index contributed by atoms with van der Waals surface area (Å²) >= 11 is 0. The van der Waals surface area contributed by atoms with Gasteiger partial charge in [0, 0.05) is 43.7 Å². The van der Waals surface area contributed by atoms with E-state index in [9.17, 15) is 9.59 Å². The molecule has 1 saturated carbocycles. The number of aromatic nitrogens is 3. The van der Waals surface area contributed by atoms with Crippen LogP contribution in [0.25, 0.3) is 11.0 Å². The van der Waals surface area contributed by atoms with E-state index in [1.165, 1.54) is 0 Å². The minimum atomic E-state index is -0.227. The molecule has 8 heteroatoms. The SMILES string of the molecule is Cc1nn(C(C)(C)C)c2nc(C3CC3)cc(C(=O)N3CCC(C(=O)NCC(C)(C)CN(C)C)CC3)c12. The number of nitrogens with one attached hydrogen (secondary N) is 1. The second kappa shape index (κ2) is 9.77. The zero-order valence-corrected chi connectivity index (χ0v) is 23.4. The molecule has 0 bridgehead atoms. The van der Waals surface area contributed by atoms with Crippen LogP contribution in [-0.2, 0) is 10.3 Å². The highest BCUT2D eigenvalue weighted by atomic mass is 16.2. The third-order valence-corrected chi connectivity index (χ3v) is 7.33. The summed E-state index contributed by atoms with van der Waals surface area (Å²) in [5.41, 5.74) is 3.15. The highest BCUT2D eigenvalue weighted by Gasteiger charge is 2.33. The molecule has 2 aromatic rings. The summed E-state index contributed by atoms with van der Waals surface area (Å²) in [7, 11) is 4.10. The Hall–Kier alpha value is -2.48. The number of piperidine rings is 1. The average molecular weight is 497 g/mol. The lowest BCUT2D eigenvalue weighted by Crippen LogP contribution is -2.46.